The predicted octanol–water partition coefficient (Wildman–Crippen LogP) is 2.05. The normalized spacial score (nSPS) is 13.9. The van der Waals surface area contributed by atoms with Gasteiger partial charge in [-0.25, -0.2) is 13.1 Å². The van der Waals surface area contributed by atoms with Crippen LogP contribution in [0.15, 0.2) is 30.5 Å². The van der Waals surface area contributed by atoms with E-state index in [-0.39, 0.29) is 12.5 Å². The van der Waals surface area contributed by atoms with Gasteiger partial charge in [-0.3, -0.25) is 9.78 Å². The van der Waals surface area contributed by atoms with Crippen LogP contribution in [0, 0.1) is 6.92 Å². The zero-order valence-electron chi connectivity index (χ0n) is 18.1. The molecule has 3 rings (SSSR count). The summed E-state index contributed by atoms with van der Waals surface area (Å²) in [6, 6.07) is 5.45. The van der Waals surface area contributed by atoms with Gasteiger partial charge in [-0.2, -0.15) is 0 Å². The van der Waals surface area contributed by atoms with Gasteiger partial charge in [0.15, 0.2) is 11.5 Å². The van der Waals surface area contributed by atoms with Crippen LogP contribution in [0.1, 0.15) is 27.9 Å². The summed E-state index contributed by atoms with van der Waals surface area (Å²) >= 11 is 0. The number of carbonyl (C=O) groups is 1. The number of rotatable bonds is 7. The summed E-state index contributed by atoms with van der Waals surface area (Å²) in [4.78, 5) is 18.9. The first-order chi connectivity index (χ1) is 14.7. The molecule has 31 heavy (non-hydrogen) atoms. The van der Waals surface area contributed by atoms with Crippen molar-refractivity contribution < 1.29 is 22.7 Å². The van der Waals surface area contributed by atoms with Gasteiger partial charge in [-0.15, -0.1) is 0 Å². The zero-order chi connectivity index (χ0) is 22.6. The second-order valence-corrected chi connectivity index (χ2v) is 9.21. The lowest BCUT2D eigenvalue weighted by Gasteiger charge is -2.29. The van der Waals surface area contributed by atoms with Gasteiger partial charge in [0, 0.05) is 37.6 Å². The molecule has 1 aliphatic heterocycles. The van der Waals surface area contributed by atoms with Crippen LogP contribution in [0.25, 0.3) is 6.08 Å². The van der Waals surface area contributed by atoms with Crippen LogP contribution >= 0.6 is 0 Å². The Morgan fingerprint density at radius 2 is 2.00 bits per heavy atom. The van der Waals surface area contributed by atoms with Gasteiger partial charge in [-0.05, 0) is 53.8 Å². The molecule has 0 spiro atoms. The molecule has 0 unspecified atom stereocenters. The molecule has 0 bridgehead atoms. The molecule has 166 valence electrons. The van der Waals surface area contributed by atoms with Gasteiger partial charge in [0.1, 0.15) is 0 Å². The lowest BCUT2D eigenvalue weighted by atomic mass is 9.95. The number of aromatic nitrogens is 1. The van der Waals surface area contributed by atoms with Crippen LogP contribution in [-0.2, 0) is 34.3 Å². The minimum atomic E-state index is -3.30. The first-order valence-electron chi connectivity index (χ1n) is 9.81. The number of pyridine rings is 1. The molecule has 9 heteroatoms. The third-order valence-corrected chi connectivity index (χ3v) is 5.91. The van der Waals surface area contributed by atoms with Crippen LogP contribution in [0.5, 0.6) is 11.5 Å². The van der Waals surface area contributed by atoms with E-state index in [9.17, 15) is 13.2 Å². The molecular formula is C22H27N3O5S. The molecule has 1 aliphatic rings. The average molecular weight is 446 g/mol. The van der Waals surface area contributed by atoms with Crippen molar-refractivity contribution in [3.8, 4) is 11.5 Å². The van der Waals surface area contributed by atoms with Crippen LogP contribution < -0.4 is 14.2 Å². The Kier molecular flexibility index (Phi) is 6.97. The molecule has 2 aromatic rings. The summed E-state index contributed by atoms with van der Waals surface area (Å²) in [6.45, 7) is 3.05. The van der Waals surface area contributed by atoms with Gasteiger partial charge in [0.2, 0.25) is 15.9 Å². The number of sulfonamides is 1. The van der Waals surface area contributed by atoms with Crippen molar-refractivity contribution in [3.63, 3.8) is 0 Å². The number of hydrogen-bond donors (Lipinski definition) is 1. The number of carbonyl (C=O) groups excluding carboxylic acids is 1. The highest BCUT2D eigenvalue weighted by Gasteiger charge is 2.23. The van der Waals surface area contributed by atoms with Crippen molar-refractivity contribution in [2.24, 2.45) is 0 Å². The Morgan fingerprint density at radius 3 is 2.68 bits per heavy atom. The Bertz CT molecular complexity index is 1110. The van der Waals surface area contributed by atoms with Crippen molar-refractivity contribution in [1.29, 1.82) is 0 Å². The van der Waals surface area contributed by atoms with E-state index in [4.69, 9.17) is 9.47 Å². The van der Waals surface area contributed by atoms with Gasteiger partial charge >= 0.3 is 0 Å². The minimum absolute atomic E-state index is 0.100. The SMILES string of the molecule is COc1ccc(C=CC(=O)N2CCc3c(cnc(C)c3CNS(C)(=O)=O)C2)cc1OC. The lowest BCUT2D eigenvalue weighted by molar-refractivity contribution is -0.126. The molecule has 1 aromatic carbocycles. The average Bonchev–Trinajstić information content (AvgIpc) is 2.75. The molecule has 2 heterocycles. The van der Waals surface area contributed by atoms with Crippen LogP contribution in [0.3, 0.4) is 0 Å². The monoisotopic (exact) mass is 445 g/mol. The molecule has 1 amide bonds. The quantitative estimate of drug-likeness (QED) is 0.655. The number of methoxy groups -OCH3 is 2. The van der Waals surface area contributed by atoms with Gasteiger partial charge in [0.05, 0.1) is 20.5 Å². The molecule has 0 saturated carbocycles. The van der Waals surface area contributed by atoms with Crippen molar-refractivity contribution in [2.75, 3.05) is 27.0 Å². The number of amides is 1. The fourth-order valence-corrected chi connectivity index (χ4v) is 3.98. The predicted molar refractivity (Wildman–Crippen MR) is 118 cm³/mol. The summed E-state index contributed by atoms with van der Waals surface area (Å²) in [5.74, 6) is 1.13. The van der Waals surface area contributed by atoms with Crippen molar-refractivity contribution in [3.05, 3.63) is 58.4 Å². The van der Waals surface area contributed by atoms with E-state index in [0.29, 0.717) is 31.0 Å². The largest absolute Gasteiger partial charge is 0.493 e. The highest BCUT2D eigenvalue weighted by molar-refractivity contribution is 7.88. The molecule has 1 aromatic heterocycles. The molecule has 1 N–H and O–H groups in total. The Labute approximate surface area is 182 Å². The Hall–Kier alpha value is -2.91. The summed E-state index contributed by atoms with van der Waals surface area (Å²) in [7, 11) is -0.161. The topological polar surface area (TPSA) is 97.8 Å². The minimum Gasteiger partial charge on any atom is -0.493 e. The summed E-state index contributed by atoms with van der Waals surface area (Å²) in [5.41, 5.74) is 4.51. The van der Waals surface area contributed by atoms with E-state index in [1.165, 1.54) is 0 Å². The number of fused-ring (bicyclic) bond motifs is 1. The lowest BCUT2D eigenvalue weighted by Crippen LogP contribution is -2.36. The van der Waals surface area contributed by atoms with E-state index in [2.05, 4.69) is 9.71 Å². The molecular weight excluding hydrogens is 418 g/mol. The highest BCUT2D eigenvalue weighted by Crippen LogP contribution is 2.28. The molecule has 0 atom stereocenters. The first-order valence-corrected chi connectivity index (χ1v) is 11.7. The van der Waals surface area contributed by atoms with Crippen molar-refractivity contribution in [1.82, 2.24) is 14.6 Å². The van der Waals surface area contributed by atoms with Gasteiger partial charge in [0.25, 0.3) is 0 Å². The highest BCUT2D eigenvalue weighted by atomic mass is 32.2. The smallest absolute Gasteiger partial charge is 0.246 e. The molecule has 0 radical (unpaired) electrons. The van der Waals surface area contributed by atoms with E-state index in [1.807, 2.05) is 19.1 Å². The maximum absolute atomic E-state index is 12.7. The van der Waals surface area contributed by atoms with E-state index in [0.717, 1.165) is 34.2 Å². The van der Waals surface area contributed by atoms with E-state index < -0.39 is 10.0 Å². The number of nitrogens with zero attached hydrogens (tertiary/aromatic N) is 2. The first kappa shape index (κ1) is 22.8. The Balaban J connectivity index is 1.73. The second-order valence-electron chi connectivity index (χ2n) is 7.38. The van der Waals surface area contributed by atoms with Crippen LogP contribution in [0.2, 0.25) is 0 Å². The van der Waals surface area contributed by atoms with Crippen molar-refractivity contribution in [2.45, 2.75) is 26.4 Å². The molecule has 0 saturated heterocycles. The maximum atomic E-state index is 12.7. The number of nitrogens with one attached hydrogen (secondary N) is 1. The van der Waals surface area contributed by atoms with Gasteiger partial charge in [-0.1, -0.05) is 6.07 Å². The van der Waals surface area contributed by atoms with E-state index >= 15 is 0 Å². The number of ether oxygens (including phenoxy) is 2. The Morgan fingerprint density at radius 1 is 1.26 bits per heavy atom. The van der Waals surface area contributed by atoms with Crippen molar-refractivity contribution >= 4 is 22.0 Å². The summed E-state index contributed by atoms with van der Waals surface area (Å²) in [5, 5.41) is 0. The molecule has 8 nitrogen and oxygen atoms in total. The van der Waals surface area contributed by atoms with Crippen LogP contribution in [-0.4, -0.2) is 51.2 Å². The zero-order valence-corrected chi connectivity index (χ0v) is 19.0. The third-order valence-electron chi connectivity index (χ3n) is 5.24. The molecule has 0 fully saturated rings. The maximum Gasteiger partial charge on any atom is 0.246 e. The second kappa shape index (κ2) is 9.49. The van der Waals surface area contributed by atoms with Crippen LogP contribution in [0.4, 0.5) is 0 Å². The number of hydrogen-bond acceptors (Lipinski definition) is 6. The number of benzene rings is 1. The fraction of sp³-hybridized carbons (Fsp3) is 0.364. The summed E-state index contributed by atoms with van der Waals surface area (Å²) in [6.07, 6.45) is 6.84. The third kappa shape index (κ3) is 5.62. The van der Waals surface area contributed by atoms with E-state index in [1.54, 1.807) is 43.5 Å². The summed E-state index contributed by atoms with van der Waals surface area (Å²) < 4.78 is 36.0. The molecule has 0 aliphatic carbocycles. The van der Waals surface area contributed by atoms with Gasteiger partial charge < -0.3 is 14.4 Å². The number of aryl methyl sites for hydroxylation is 1. The fourth-order valence-electron chi connectivity index (χ4n) is 3.58. The standard InChI is InChI=1S/C22H27N3O5S/c1-15-19(13-24-31(4,27)28)18-9-10-25(14-17(18)12-23-15)22(26)8-6-16-5-7-20(29-2)21(11-16)30-3/h5-8,11-12,24H,9-10,13-14H2,1-4H3.